The van der Waals surface area contributed by atoms with Crippen molar-refractivity contribution in [3.8, 4) is 11.5 Å². The Hall–Kier alpha value is -3.28. The lowest BCUT2D eigenvalue weighted by atomic mass is 10.3. The van der Waals surface area contributed by atoms with Gasteiger partial charge in [0.2, 0.25) is 5.95 Å². The molecule has 0 aliphatic carbocycles. The number of aromatic nitrogens is 2. The second kappa shape index (κ2) is 8.89. The minimum Gasteiger partial charge on any atom is -0.492 e. The maximum Gasteiger partial charge on any atom is 0.229 e. The predicted octanol–water partition coefficient (Wildman–Crippen LogP) is 5.15. The molecule has 6 heteroatoms. The van der Waals surface area contributed by atoms with E-state index in [-0.39, 0.29) is 6.10 Å². The second-order valence-electron chi connectivity index (χ2n) is 6.14. The Kier molecular flexibility index (Phi) is 6.10. The van der Waals surface area contributed by atoms with E-state index in [1.165, 1.54) is 0 Å². The number of benzene rings is 2. The molecule has 140 valence electrons. The number of para-hydroxylation sites is 2. The average molecular weight is 364 g/mol. The van der Waals surface area contributed by atoms with Crippen LogP contribution in [-0.4, -0.2) is 22.7 Å². The van der Waals surface area contributed by atoms with E-state index in [9.17, 15) is 0 Å². The average Bonchev–Trinajstić information content (AvgIpc) is 2.65. The van der Waals surface area contributed by atoms with Gasteiger partial charge in [0.15, 0.2) is 0 Å². The number of hydrogen-bond acceptors (Lipinski definition) is 6. The van der Waals surface area contributed by atoms with Gasteiger partial charge in [-0.25, -0.2) is 4.98 Å². The first-order chi connectivity index (χ1) is 13.1. The minimum absolute atomic E-state index is 0.152. The summed E-state index contributed by atoms with van der Waals surface area (Å²) >= 11 is 0. The normalized spacial score (nSPS) is 10.5. The molecule has 0 radical (unpaired) electrons. The Morgan fingerprint density at radius 2 is 1.74 bits per heavy atom. The minimum atomic E-state index is 0.152. The summed E-state index contributed by atoms with van der Waals surface area (Å²) in [4.78, 5) is 8.80. The molecule has 27 heavy (non-hydrogen) atoms. The third-order valence-electron chi connectivity index (χ3n) is 3.59. The number of nitrogens with one attached hydrogen (secondary N) is 2. The van der Waals surface area contributed by atoms with Crippen LogP contribution < -0.4 is 20.1 Å². The van der Waals surface area contributed by atoms with Crippen LogP contribution in [0, 0.1) is 0 Å². The first-order valence-corrected chi connectivity index (χ1v) is 8.99. The lowest BCUT2D eigenvalue weighted by Gasteiger charge is -2.12. The first-order valence-electron chi connectivity index (χ1n) is 8.99. The second-order valence-corrected chi connectivity index (χ2v) is 6.14. The highest BCUT2D eigenvalue weighted by Crippen LogP contribution is 2.26. The summed E-state index contributed by atoms with van der Waals surface area (Å²) in [7, 11) is 0. The Morgan fingerprint density at radius 1 is 0.963 bits per heavy atom. The van der Waals surface area contributed by atoms with E-state index in [0.29, 0.717) is 18.4 Å². The summed E-state index contributed by atoms with van der Waals surface area (Å²) in [6.45, 7) is 6.56. The molecule has 0 fully saturated rings. The summed E-state index contributed by atoms with van der Waals surface area (Å²) in [5, 5.41) is 6.48. The van der Waals surface area contributed by atoms with Crippen LogP contribution in [0.15, 0.2) is 60.8 Å². The number of anilines is 4. The van der Waals surface area contributed by atoms with Gasteiger partial charge in [-0.1, -0.05) is 12.1 Å². The van der Waals surface area contributed by atoms with Gasteiger partial charge in [0, 0.05) is 11.9 Å². The van der Waals surface area contributed by atoms with Crippen LogP contribution >= 0.6 is 0 Å². The van der Waals surface area contributed by atoms with E-state index < -0.39 is 0 Å². The lowest BCUT2D eigenvalue weighted by molar-refractivity contribution is 0.242. The monoisotopic (exact) mass is 364 g/mol. The van der Waals surface area contributed by atoms with Gasteiger partial charge in [-0.3, -0.25) is 0 Å². The Morgan fingerprint density at radius 3 is 2.48 bits per heavy atom. The van der Waals surface area contributed by atoms with Crippen LogP contribution in [0.2, 0.25) is 0 Å². The number of ether oxygens (including phenoxy) is 2. The Balaban J connectivity index is 1.70. The van der Waals surface area contributed by atoms with Crippen LogP contribution in [0.5, 0.6) is 11.5 Å². The standard InChI is InChI=1S/C21H24N4O2/c1-4-26-19-8-6-5-7-18(19)24-21-22-14-13-20(25-21)23-16-9-11-17(12-10-16)27-15(2)3/h5-15H,4H2,1-3H3,(H2,22,23,24,25). The van der Waals surface area contributed by atoms with Crippen LogP contribution in [0.25, 0.3) is 0 Å². The summed E-state index contributed by atoms with van der Waals surface area (Å²) in [6.07, 6.45) is 1.86. The van der Waals surface area contributed by atoms with E-state index in [1.807, 2.05) is 75.4 Å². The van der Waals surface area contributed by atoms with Crippen LogP contribution in [0.1, 0.15) is 20.8 Å². The highest BCUT2D eigenvalue weighted by Gasteiger charge is 2.06. The van der Waals surface area contributed by atoms with Crippen LogP contribution in [0.4, 0.5) is 23.1 Å². The third-order valence-corrected chi connectivity index (χ3v) is 3.59. The Bertz CT molecular complexity index is 866. The van der Waals surface area contributed by atoms with Crippen molar-refractivity contribution in [3.63, 3.8) is 0 Å². The molecule has 6 nitrogen and oxygen atoms in total. The van der Waals surface area contributed by atoms with Gasteiger partial charge >= 0.3 is 0 Å². The molecule has 2 aromatic carbocycles. The molecule has 3 aromatic rings. The lowest BCUT2D eigenvalue weighted by Crippen LogP contribution is -2.05. The van der Waals surface area contributed by atoms with Crippen molar-refractivity contribution in [1.82, 2.24) is 9.97 Å². The molecule has 0 saturated carbocycles. The molecule has 3 rings (SSSR count). The van der Waals surface area contributed by atoms with Crippen molar-refractivity contribution in [2.75, 3.05) is 17.2 Å². The molecule has 0 aliphatic heterocycles. The molecular weight excluding hydrogens is 340 g/mol. The molecule has 0 amide bonds. The van der Waals surface area contributed by atoms with Crippen molar-refractivity contribution in [3.05, 3.63) is 60.8 Å². The number of nitrogens with zero attached hydrogens (tertiary/aromatic N) is 2. The van der Waals surface area contributed by atoms with Gasteiger partial charge in [-0.2, -0.15) is 4.98 Å². The van der Waals surface area contributed by atoms with Gasteiger partial charge in [-0.05, 0) is 63.2 Å². The molecule has 1 heterocycles. The molecule has 0 spiro atoms. The molecule has 0 saturated heterocycles. The third kappa shape index (κ3) is 5.34. The fourth-order valence-electron chi connectivity index (χ4n) is 2.50. The fraction of sp³-hybridized carbons (Fsp3) is 0.238. The molecule has 1 aromatic heterocycles. The summed E-state index contributed by atoms with van der Waals surface area (Å²) < 4.78 is 11.3. The topological polar surface area (TPSA) is 68.3 Å². The first kappa shape index (κ1) is 18.5. The van der Waals surface area contributed by atoms with Gasteiger partial charge in [-0.15, -0.1) is 0 Å². The molecule has 0 unspecified atom stereocenters. The van der Waals surface area contributed by atoms with Crippen molar-refractivity contribution in [2.45, 2.75) is 26.9 Å². The molecular formula is C21H24N4O2. The molecule has 0 aliphatic rings. The molecule has 0 atom stereocenters. The van der Waals surface area contributed by atoms with Crippen LogP contribution in [-0.2, 0) is 0 Å². The van der Waals surface area contributed by atoms with Gasteiger partial charge in [0.05, 0.1) is 18.4 Å². The SMILES string of the molecule is CCOc1ccccc1Nc1nccc(Nc2ccc(OC(C)C)cc2)n1. The summed E-state index contributed by atoms with van der Waals surface area (Å²) in [6, 6.07) is 17.3. The van der Waals surface area contributed by atoms with Crippen molar-refractivity contribution in [2.24, 2.45) is 0 Å². The van der Waals surface area contributed by atoms with Gasteiger partial charge < -0.3 is 20.1 Å². The summed E-state index contributed by atoms with van der Waals surface area (Å²) in [5.74, 6) is 2.79. The van der Waals surface area contributed by atoms with Crippen molar-refractivity contribution < 1.29 is 9.47 Å². The maximum absolute atomic E-state index is 5.66. The maximum atomic E-state index is 5.66. The zero-order valence-electron chi connectivity index (χ0n) is 15.8. The molecule has 0 bridgehead atoms. The van der Waals surface area contributed by atoms with Crippen LogP contribution in [0.3, 0.4) is 0 Å². The number of hydrogen-bond donors (Lipinski definition) is 2. The summed E-state index contributed by atoms with van der Waals surface area (Å²) in [5.41, 5.74) is 1.75. The van der Waals surface area contributed by atoms with E-state index in [0.717, 1.165) is 22.9 Å². The van der Waals surface area contributed by atoms with E-state index in [2.05, 4.69) is 20.6 Å². The predicted molar refractivity (Wildman–Crippen MR) is 108 cm³/mol. The van der Waals surface area contributed by atoms with E-state index in [1.54, 1.807) is 6.20 Å². The fourth-order valence-corrected chi connectivity index (χ4v) is 2.50. The zero-order chi connectivity index (χ0) is 19.1. The van der Waals surface area contributed by atoms with Crippen molar-refractivity contribution in [1.29, 1.82) is 0 Å². The van der Waals surface area contributed by atoms with Crippen molar-refractivity contribution >= 4 is 23.1 Å². The Labute approximate surface area is 159 Å². The highest BCUT2D eigenvalue weighted by atomic mass is 16.5. The van der Waals surface area contributed by atoms with Gasteiger partial charge in [0.1, 0.15) is 17.3 Å². The van der Waals surface area contributed by atoms with E-state index in [4.69, 9.17) is 9.47 Å². The van der Waals surface area contributed by atoms with Gasteiger partial charge in [0.25, 0.3) is 0 Å². The zero-order valence-corrected chi connectivity index (χ0v) is 15.8. The number of rotatable bonds is 8. The van der Waals surface area contributed by atoms with E-state index >= 15 is 0 Å². The largest absolute Gasteiger partial charge is 0.492 e. The molecule has 2 N–H and O–H groups in total. The quantitative estimate of drug-likeness (QED) is 0.576. The smallest absolute Gasteiger partial charge is 0.229 e. The highest BCUT2D eigenvalue weighted by molar-refractivity contribution is 5.64.